The zero-order valence-corrected chi connectivity index (χ0v) is 11.5. The second kappa shape index (κ2) is 6.19. The molecule has 0 saturated heterocycles. The topological polar surface area (TPSA) is 80.7 Å². The second-order valence-electron chi connectivity index (χ2n) is 3.74. The van der Waals surface area contributed by atoms with Crippen molar-refractivity contribution in [2.24, 2.45) is 10.9 Å². The van der Waals surface area contributed by atoms with E-state index in [9.17, 15) is 0 Å². The van der Waals surface area contributed by atoms with Crippen LogP contribution in [-0.4, -0.2) is 16.0 Å². The van der Waals surface area contributed by atoms with Gasteiger partial charge >= 0.3 is 0 Å². The van der Waals surface area contributed by atoms with Crippen LogP contribution in [0.5, 0.6) is 5.75 Å². The maximum absolute atomic E-state index is 8.60. The van der Waals surface area contributed by atoms with Crippen molar-refractivity contribution in [2.45, 2.75) is 6.61 Å². The summed E-state index contributed by atoms with van der Waals surface area (Å²) in [6, 6.07) is 11.1. The predicted octanol–water partition coefficient (Wildman–Crippen LogP) is 2.52. The Hall–Kier alpha value is -2.08. The average Bonchev–Trinajstić information content (AvgIpc) is 2.46. The van der Waals surface area contributed by atoms with E-state index in [4.69, 9.17) is 15.7 Å². The van der Waals surface area contributed by atoms with Crippen LogP contribution in [0.3, 0.4) is 0 Å². The van der Waals surface area contributed by atoms with Crippen LogP contribution in [0.1, 0.15) is 11.3 Å². The maximum atomic E-state index is 8.60. The Kier molecular flexibility index (Phi) is 4.35. The molecule has 0 aliphatic carbocycles. The zero-order valence-electron chi connectivity index (χ0n) is 9.95. The summed E-state index contributed by atoms with van der Waals surface area (Å²) in [5.41, 5.74) is 6.87. The van der Waals surface area contributed by atoms with E-state index in [2.05, 4.69) is 26.1 Å². The van der Waals surface area contributed by atoms with Gasteiger partial charge < -0.3 is 15.7 Å². The lowest BCUT2D eigenvalue weighted by Crippen LogP contribution is -2.14. The van der Waals surface area contributed by atoms with Gasteiger partial charge in [-0.3, -0.25) is 4.98 Å². The molecule has 98 valence electrons. The minimum Gasteiger partial charge on any atom is -0.489 e. The van der Waals surface area contributed by atoms with Crippen molar-refractivity contribution in [3.05, 3.63) is 58.3 Å². The number of aromatic nitrogens is 1. The Bertz CT molecular complexity index is 602. The highest BCUT2D eigenvalue weighted by atomic mass is 79.9. The highest BCUT2D eigenvalue weighted by Crippen LogP contribution is 2.19. The van der Waals surface area contributed by atoms with E-state index >= 15 is 0 Å². The van der Waals surface area contributed by atoms with E-state index in [0.29, 0.717) is 18.1 Å². The fraction of sp³-hybridized carbons (Fsp3) is 0.0769. The SMILES string of the molecule is N/C(=N/O)c1cc(OCc2ccccc2Br)ccn1. The lowest BCUT2D eigenvalue weighted by Gasteiger charge is -2.08. The van der Waals surface area contributed by atoms with Crippen LogP contribution in [0, 0.1) is 0 Å². The van der Waals surface area contributed by atoms with Crippen LogP contribution in [0.2, 0.25) is 0 Å². The maximum Gasteiger partial charge on any atom is 0.188 e. The Morgan fingerprint density at radius 1 is 1.37 bits per heavy atom. The average molecular weight is 322 g/mol. The van der Waals surface area contributed by atoms with Gasteiger partial charge in [-0.2, -0.15) is 0 Å². The van der Waals surface area contributed by atoms with Gasteiger partial charge in [0.05, 0.1) is 0 Å². The van der Waals surface area contributed by atoms with Crippen LogP contribution >= 0.6 is 15.9 Å². The normalized spacial score (nSPS) is 11.3. The highest BCUT2D eigenvalue weighted by Gasteiger charge is 2.04. The molecular formula is C13H12BrN3O2. The number of nitrogens with zero attached hydrogens (tertiary/aromatic N) is 2. The lowest BCUT2D eigenvalue weighted by molar-refractivity contribution is 0.305. The Morgan fingerprint density at radius 3 is 2.89 bits per heavy atom. The summed E-state index contributed by atoms with van der Waals surface area (Å²) >= 11 is 3.45. The molecule has 5 nitrogen and oxygen atoms in total. The molecule has 19 heavy (non-hydrogen) atoms. The number of nitrogens with two attached hydrogens (primary N) is 1. The van der Waals surface area contributed by atoms with Crippen molar-refractivity contribution in [3.63, 3.8) is 0 Å². The quantitative estimate of drug-likeness (QED) is 0.392. The number of rotatable bonds is 4. The van der Waals surface area contributed by atoms with E-state index in [0.717, 1.165) is 10.0 Å². The standard InChI is InChI=1S/C13H12BrN3O2/c14-11-4-2-1-3-9(11)8-19-10-5-6-16-12(7-10)13(15)17-18/h1-7,18H,8H2,(H2,15,17). The number of oxime groups is 1. The van der Waals surface area contributed by atoms with Crippen molar-refractivity contribution >= 4 is 21.8 Å². The molecular weight excluding hydrogens is 310 g/mol. The number of hydrogen-bond acceptors (Lipinski definition) is 4. The van der Waals surface area contributed by atoms with E-state index < -0.39 is 0 Å². The highest BCUT2D eigenvalue weighted by molar-refractivity contribution is 9.10. The van der Waals surface area contributed by atoms with Crippen molar-refractivity contribution in [2.75, 3.05) is 0 Å². The molecule has 0 atom stereocenters. The number of ether oxygens (including phenoxy) is 1. The van der Waals surface area contributed by atoms with Crippen molar-refractivity contribution in [1.29, 1.82) is 0 Å². The van der Waals surface area contributed by atoms with Gasteiger partial charge in [-0.15, -0.1) is 0 Å². The monoisotopic (exact) mass is 321 g/mol. The molecule has 2 aromatic rings. The molecule has 3 N–H and O–H groups in total. The van der Waals surface area contributed by atoms with Crippen molar-refractivity contribution in [1.82, 2.24) is 4.98 Å². The van der Waals surface area contributed by atoms with Gasteiger partial charge in [0.2, 0.25) is 0 Å². The molecule has 0 aliphatic heterocycles. The second-order valence-corrected chi connectivity index (χ2v) is 4.60. The molecule has 0 aliphatic rings. The van der Waals surface area contributed by atoms with Gasteiger partial charge in [-0.25, -0.2) is 0 Å². The lowest BCUT2D eigenvalue weighted by atomic mass is 10.2. The third kappa shape index (κ3) is 3.45. The first kappa shape index (κ1) is 13.4. The van der Waals surface area contributed by atoms with Gasteiger partial charge in [-0.05, 0) is 12.1 Å². The molecule has 6 heteroatoms. The Morgan fingerprint density at radius 2 is 2.16 bits per heavy atom. The van der Waals surface area contributed by atoms with Crippen molar-refractivity contribution in [3.8, 4) is 5.75 Å². The largest absolute Gasteiger partial charge is 0.489 e. The van der Waals surface area contributed by atoms with E-state index in [1.54, 1.807) is 18.3 Å². The van der Waals surface area contributed by atoms with Crippen molar-refractivity contribution < 1.29 is 9.94 Å². The summed E-state index contributed by atoms with van der Waals surface area (Å²) in [6.45, 7) is 0.418. The van der Waals surface area contributed by atoms with Crippen LogP contribution in [0.4, 0.5) is 0 Å². The molecule has 0 unspecified atom stereocenters. The van der Waals surface area contributed by atoms with Crippen LogP contribution < -0.4 is 10.5 Å². The summed E-state index contributed by atoms with van der Waals surface area (Å²) in [5, 5.41) is 11.5. The molecule has 1 aromatic heterocycles. The molecule has 2 rings (SSSR count). The molecule has 0 radical (unpaired) electrons. The Labute approximate surface area is 118 Å². The zero-order chi connectivity index (χ0) is 13.7. The summed E-state index contributed by atoms with van der Waals surface area (Å²) in [7, 11) is 0. The first-order valence-corrected chi connectivity index (χ1v) is 6.30. The first-order chi connectivity index (χ1) is 9.20. The van der Waals surface area contributed by atoms with Crippen LogP contribution in [-0.2, 0) is 6.61 Å². The summed E-state index contributed by atoms with van der Waals surface area (Å²) in [6.07, 6.45) is 1.54. The van der Waals surface area contributed by atoms with E-state index in [1.165, 1.54) is 0 Å². The summed E-state index contributed by atoms with van der Waals surface area (Å²) in [4.78, 5) is 3.98. The molecule has 0 bridgehead atoms. The predicted molar refractivity (Wildman–Crippen MR) is 75.2 cm³/mol. The minimum atomic E-state index is -0.0497. The number of hydrogen-bond donors (Lipinski definition) is 2. The number of amidine groups is 1. The third-order valence-electron chi connectivity index (χ3n) is 2.45. The summed E-state index contributed by atoms with van der Waals surface area (Å²) < 4.78 is 6.63. The Balaban J connectivity index is 2.10. The number of benzene rings is 1. The van der Waals surface area contributed by atoms with E-state index in [-0.39, 0.29) is 5.84 Å². The van der Waals surface area contributed by atoms with Crippen LogP contribution in [0.15, 0.2) is 52.2 Å². The van der Waals surface area contributed by atoms with Gasteiger partial charge in [0.25, 0.3) is 0 Å². The van der Waals surface area contributed by atoms with E-state index in [1.807, 2.05) is 24.3 Å². The van der Waals surface area contributed by atoms with Gasteiger partial charge in [0, 0.05) is 22.3 Å². The third-order valence-corrected chi connectivity index (χ3v) is 3.23. The first-order valence-electron chi connectivity index (χ1n) is 5.51. The van der Waals surface area contributed by atoms with Crippen LogP contribution in [0.25, 0.3) is 0 Å². The molecule has 0 fully saturated rings. The summed E-state index contributed by atoms with van der Waals surface area (Å²) in [5.74, 6) is 0.554. The number of halogens is 1. The van der Waals surface area contributed by atoms with Gasteiger partial charge in [-0.1, -0.05) is 39.3 Å². The number of pyridine rings is 1. The van der Waals surface area contributed by atoms with Gasteiger partial charge in [0.15, 0.2) is 5.84 Å². The smallest absolute Gasteiger partial charge is 0.188 e. The fourth-order valence-corrected chi connectivity index (χ4v) is 1.87. The molecule has 0 spiro atoms. The molecule has 0 saturated carbocycles. The van der Waals surface area contributed by atoms with Gasteiger partial charge in [0.1, 0.15) is 18.1 Å². The molecule has 0 amide bonds. The minimum absolute atomic E-state index is 0.0497. The molecule has 1 heterocycles. The fourth-order valence-electron chi connectivity index (χ4n) is 1.47. The molecule has 1 aromatic carbocycles.